The summed E-state index contributed by atoms with van der Waals surface area (Å²) in [5.41, 5.74) is 7.53. The summed E-state index contributed by atoms with van der Waals surface area (Å²) in [5.74, 6) is -0.0428. The minimum absolute atomic E-state index is 0.0428. The lowest BCUT2D eigenvalue weighted by Crippen LogP contribution is -2.40. The monoisotopic (exact) mass is 277 g/mol. The highest BCUT2D eigenvalue weighted by molar-refractivity contribution is 5.94. The maximum absolute atomic E-state index is 12.6. The Balaban J connectivity index is 1.87. The average molecular weight is 277 g/mol. The van der Waals surface area contributed by atoms with E-state index >= 15 is 0 Å². The van der Waals surface area contributed by atoms with Crippen molar-refractivity contribution in [1.82, 2.24) is 20.0 Å². The number of nitrogens with zero attached hydrogens (tertiary/aromatic N) is 3. The smallest absolute Gasteiger partial charge is 0.315 e. The van der Waals surface area contributed by atoms with E-state index in [2.05, 4.69) is 17.1 Å². The number of urea groups is 1. The molecular formula is C13H19N5O2. The van der Waals surface area contributed by atoms with Gasteiger partial charge in [-0.25, -0.2) is 4.79 Å². The normalized spacial score (nSPS) is 21.9. The van der Waals surface area contributed by atoms with Gasteiger partial charge in [-0.3, -0.25) is 9.89 Å². The molecule has 1 saturated heterocycles. The Morgan fingerprint density at radius 2 is 2.20 bits per heavy atom. The van der Waals surface area contributed by atoms with Crippen LogP contribution in [0, 0.1) is 0 Å². The molecule has 3 heterocycles. The van der Waals surface area contributed by atoms with Crippen molar-refractivity contribution in [1.29, 1.82) is 0 Å². The van der Waals surface area contributed by atoms with E-state index in [9.17, 15) is 9.59 Å². The van der Waals surface area contributed by atoms with Crippen molar-refractivity contribution in [2.45, 2.75) is 38.8 Å². The molecule has 0 aliphatic carbocycles. The number of hydrogen-bond acceptors (Lipinski definition) is 3. The fourth-order valence-corrected chi connectivity index (χ4v) is 3.03. The summed E-state index contributed by atoms with van der Waals surface area (Å²) in [5, 5.41) is 7.10. The van der Waals surface area contributed by atoms with E-state index in [0.717, 1.165) is 30.6 Å². The van der Waals surface area contributed by atoms with Crippen LogP contribution >= 0.6 is 0 Å². The van der Waals surface area contributed by atoms with Gasteiger partial charge in [0.15, 0.2) is 5.69 Å². The Bertz CT molecular complexity index is 553. The highest BCUT2D eigenvalue weighted by Crippen LogP contribution is 2.24. The number of carbonyl (C=O) groups excluding carboxylic acids is 2. The van der Waals surface area contributed by atoms with Gasteiger partial charge in [0.05, 0.1) is 6.54 Å². The lowest BCUT2D eigenvalue weighted by molar-refractivity contribution is 0.0739. The van der Waals surface area contributed by atoms with Gasteiger partial charge in [0.2, 0.25) is 0 Å². The minimum atomic E-state index is -0.454. The third kappa shape index (κ3) is 2.03. The van der Waals surface area contributed by atoms with Crippen molar-refractivity contribution in [2.75, 3.05) is 13.1 Å². The molecule has 1 unspecified atom stereocenters. The molecule has 108 valence electrons. The van der Waals surface area contributed by atoms with Gasteiger partial charge >= 0.3 is 6.03 Å². The number of hydrogen-bond donors (Lipinski definition) is 2. The molecule has 1 fully saturated rings. The minimum Gasteiger partial charge on any atom is -0.351 e. The Morgan fingerprint density at radius 1 is 1.40 bits per heavy atom. The van der Waals surface area contributed by atoms with E-state index in [1.54, 1.807) is 4.90 Å². The number of fused-ring (bicyclic) bond motifs is 1. The second kappa shape index (κ2) is 4.81. The van der Waals surface area contributed by atoms with E-state index in [1.165, 1.54) is 0 Å². The lowest BCUT2D eigenvalue weighted by atomic mass is 10.0. The molecular weight excluding hydrogens is 258 g/mol. The summed E-state index contributed by atoms with van der Waals surface area (Å²) in [6.45, 7) is 3.77. The molecule has 3 rings (SSSR count). The Hall–Kier alpha value is -2.05. The first-order chi connectivity index (χ1) is 9.58. The lowest BCUT2D eigenvalue weighted by Gasteiger charge is -2.26. The molecule has 0 radical (unpaired) electrons. The van der Waals surface area contributed by atoms with Crippen LogP contribution in [-0.2, 0) is 13.0 Å². The van der Waals surface area contributed by atoms with E-state index in [4.69, 9.17) is 5.73 Å². The predicted octanol–water partition coefficient (Wildman–Crippen LogP) is 0.471. The maximum atomic E-state index is 12.6. The average Bonchev–Trinajstić information content (AvgIpc) is 3.03. The number of nitrogens with two attached hydrogens (primary N) is 1. The van der Waals surface area contributed by atoms with Crippen molar-refractivity contribution in [3.05, 3.63) is 17.0 Å². The summed E-state index contributed by atoms with van der Waals surface area (Å²) >= 11 is 0. The number of aromatic nitrogens is 2. The number of likely N-dealkylation sites (tertiary alicyclic amines) is 1. The second-order valence-corrected chi connectivity index (χ2v) is 5.53. The summed E-state index contributed by atoms with van der Waals surface area (Å²) in [6, 6.07) is -0.199. The van der Waals surface area contributed by atoms with E-state index in [0.29, 0.717) is 25.2 Å². The van der Waals surface area contributed by atoms with Gasteiger partial charge in [-0.2, -0.15) is 5.10 Å². The maximum Gasteiger partial charge on any atom is 0.315 e. The number of primary amides is 1. The number of amides is 3. The first-order valence-electron chi connectivity index (χ1n) is 6.99. The zero-order valence-corrected chi connectivity index (χ0v) is 11.6. The van der Waals surface area contributed by atoms with Crippen LogP contribution in [0.3, 0.4) is 0 Å². The van der Waals surface area contributed by atoms with Crippen LogP contribution in [-0.4, -0.2) is 51.1 Å². The fraction of sp³-hybridized carbons (Fsp3) is 0.615. The summed E-state index contributed by atoms with van der Waals surface area (Å²) in [4.78, 5) is 27.3. The molecule has 7 heteroatoms. The van der Waals surface area contributed by atoms with Crippen molar-refractivity contribution < 1.29 is 9.59 Å². The van der Waals surface area contributed by atoms with Gasteiger partial charge in [0.1, 0.15) is 0 Å². The Labute approximate surface area is 117 Å². The van der Waals surface area contributed by atoms with Crippen LogP contribution in [0.2, 0.25) is 0 Å². The van der Waals surface area contributed by atoms with Crippen molar-refractivity contribution in [2.24, 2.45) is 5.73 Å². The number of H-pyrrole nitrogens is 1. The van der Waals surface area contributed by atoms with Crippen LogP contribution in [0.25, 0.3) is 0 Å². The molecule has 0 bridgehead atoms. The molecule has 1 atom stereocenters. The third-order valence-corrected chi connectivity index (χ3v) is 4.26. The molecule has 20 heavy (non-hydrogen) atoms. The topological polar surface area (TPSA) is 95.3 Å². The van der Waals surface area contributed by atoms with Gasteiger partial charge in [0, 0.05) is 36.8 Å². The summed E-state index contributed by atoms with van der Waals surface area (Å²) in [6.07, 6.45) is 2.73. The molecule has 7 nitrogen and oxygen atoms in total. The largest absolute Gasteiger partial charge is 0.351 e. The van der Waals surface area contributed by atoms with Gasteiger partial charge in [-0.05, 0) is 19.8 Å². The van der Waals surface area contributed by atoms with Gasteiger partial charge < -0.3 is 15.5 Å². The number of aromatic amines is 1. The van der Waals surface area contributed by atoms with E-state index < -0.39 is 6.03 Å². The molecule has 0 saturated carbocycles. The molecule has 3 amide bonds. The Kier molecular flexibility index (Phi) is 3.11. The zero-order chi connectivity index (χ0) is 14.3. The summed E-state index contributed by atoms with van der Waals surface area (Å²) < 4.78 is 0. The standard InChI is InChI=1S/C13H19N5O2/c1-8-3-2-5-18(8)12(19)11-9-7-17(13(14)20)6-4-10(9)15-16-11/h8H,2-7H2,1H3,(H2,14,20)(H,15,16). The van der Waals surface area contributed by atoms with Gasteiger partial charge in [-0.15, -0.1) is 0 Å². The van der Waals surface area contributed by atoms with Crippen LogP contribution < -0.4 is 5.73 Å². The van der Waals surface area contributed by atoms with Crippen molar-refractivity contribution in [3.8, 4) is 0 Å². The molecule has 1 aromatic rings. The van der Waals surface area contributed by atoms with Crippen LogP contribution in [0.4, 0.5) is 4.79 Å². The first-order valence-corrected chi connectivity index (χ1v) is 6.99. The second-order valence-electron chi connectivity index (χ2n) is 5.53. The fourth-order valence-electron chi connectivity index (χ4n) is 3.03. The molecule has 2 aliphatic rings. The van der Waals surface area contributed by atoms with Crippen molar-refractivity contribution >= 4 is 11.9 Å². The van der Waals surface area contributed by atoms with E-state index in [1.807, 2.05) is 4.90 Å². The number of carbonyl (C=O) groups is 2. The van der Waals surface area contributed by atoms with Crippen LogP contribution in [0.15, 0.2) is 0 Å². The number of nitrogens with one attached hydrogen (secondary N) is 1. The predicted molar refractivity (Wildman–Crippen MR) is 72.0 cm³/mol. The van der Waals surface area contributed by atoms with Crippen LogP contribution in [0.1, 0.15) is 41.5 Å². The van der Waals surface area contributed by atoms with Crippen molar-refractivity contribution in [3.63, 3.8) is 0 Å². The third-order valence-electron chi connectivity index (χ3n) is 4.26. The molecule has 3 N–H and O–H groups in total. The van der Waals surface area contributed by atoms with Crippen LogP contribution in [0.5, 0.6) is 0 Å². The highest BCUT2D eigenvalue weighted by Gasteiger charge is 2.32. The van der Waals surface area contributed by atoms with E-state index in [-0.39, 0.29) is 11.9 Å². The SMILES string of the molecule is CC1CCCN1C(=O)c1n[nH]c2c1CN(C(N)=O)CC2. The van der Waals surface area contributed by atoms with Gasteiger partial charge in [0.25, 0.3) is 5.91 Å². The first kappa shape index (κ1) is 13.0. The molecule has 0 spiro atoms. The zero-order valence-electron chi connectivity index (χ0n) is 11.6. The quantitative estimate of drug-likeness (QED) is 0.781. The highest BCUT2D eigenvalue weighted by atomic mass is 16.2. The number of rotatable bonds is 1. The summed E-state index contributed by atoms with van der Waals surface area (Å²) in [7, 11) is 0. The van der Waals surface area contributed by atoms with Gasteiger partial charge in [-0.1, -0.05) is 0 Å². The Morgan fingerprint density at radius 3 is 2.85 bits per heavy atom. The molecule has 2 aliphatic heterocycles. The molecule has 1 aromatic heterocycles. The molecule has 0 aromatic carbocycles.